The molecule has 4 rings (SSSR count). The third-order valence-electron chi connectivity index (χ3n) is 5.58. The van der Waals surface area contributed by atoms with E-state index in [9.17, 15) is 4.79 Å². The predicted molar refractivity (Wildman–Crippen MR) is 114 cm³/mol. The molecule has 1 aliphatic heterocycles. The highest BCUT2D eigenvalue weighted by atomic mass is 16.2. The molecule has 0 saturated carbocycles. The molecule has 144 valence electrons. The van der Waals surface area contributed by atoms with Crippen LogP contribution in [0.2, 0.25) is 0 Å². The number of fused-ring (bicyclic) bond motifs is 1. The van der Waals surface area contributed by atoms with Crippen LogP contribution in [0.1, 0.15) is 12.5 Å². The van der Waals surface area contributed by atoms with Gasteiger partial charge in [-0.25, -0.2) is 0 Å². The molecular formula is C24H28N3O+. The Kier molecular flexibility index (Phi) is 5.58. The SMILES string of the molecule is C[C@H](Nc1ccc2ccccc2c1)C(=O)N1CC[NH+](Cc2ccccc2)CC1. The maximum atomic E-state index is 12.9. The van der Waals surface area contributed by atoms with Gasteiger partial charge in [-0.2, -0.15) is 0 Å². The van der Waals surface area contributed by atoms with Crippen LogP contribution in [0.5, 0.6) is 0 Å². The van der Waals surface area contributed by atoms with Crippen LogP contribution in [0.15, 0.2) is 72.8 Å². The molecule has 3 aromatic rings. The smallest absolute Gasteiger partial charge is 0.245 e. The van der Waals surface area contributed by atoms with Gasteiger partial charge in [-0.1, -0.05) is 60.7 Å². The normalized spacial score (nSPS) is 16.1. The van der Waals surface area contributed by atoms with Gasteiger partial charge in [0.2, 0.25) is 5.91 Å². The summed E-state index contributed by atoms with van der Waals surface area (Å²) in [5.41, 5.74) is 2.36. The minimum atomic E-state index is -0.225. The monoisotopic (exact) mass is 374 g/mol. The van der Waals surface area contributed by atoms with Crippen molar-refractivity contribution in [2.75, 3.05) is 31.5 Å². The second kappa shape index (κ2) is 8.44. The number of amides is 1. The Morgan fingerprint density at radius 2 is 1.64 bits per heavy atom. The molecule has 3 aromatic carbocycles. The number of carbonyl (C=O) groups is 1. The van der Waals surface area contributed by atoms with Crippen LogP contribution in [0.25, 0.3) is 10.8 Å². The molecule has 0 unspecified atom stereocenters. The van der Waals surface area contributed by atoms with Crippen LogP contribution in [-0.2, 0) is 11.3 Å². The topological polar surface area (TPSA) is 36.8 Å². The van der Waals surface area contributed by atoms with E-state index in [1.165, 1.54) is 16.3 Å². The summed E-state index contributed by atoms with van der Waals surface area (Å²) >= 11 is 0. The van der Waals surface area contributed by atoms with Gasteiger partial charge in [0, 0.05) is 11.3 Å². The summed E-state index contributed by atoms with van der Waals surface area (Å²) in [5, 5.41) is 5.78. The zero-order chi connectivity index (χ0) is 19.3. The summed E-state index contributed by atoms with van der Waals surface area (Å²) in [7, 11) is 0. The summed E-state index contributed by atoms with van der Waals surface area (Å²) < 4.78 is 0. The minimum Gasteiger partial charge on any atom is -0.374 e. The number of hydrogen-bond acceptors (Lipinski definition) is 2. The lowest BCUT2D eigenvalue weighted by Gasteiger charge is -2.34. The van der Waals surface area contributed by atoms with Crippen molar-refractivity contribution in [2.45, 2.75) is 19.5 Å². The van der Waals surface area contributed by atoms with Gasteiger partial charge in [-0.05, 0) is 29.8 Å². The van der Waals surface area contributed by atoms with E-state index >= 15 is 0 Å². The highest BCUT2D eigenvalue weighted by Crippen LogP contribution is 2.19. The molecule has 0 aromatic heterocycles. The Morgan fingerprint density at radius 1 is 0.964 bits per heavy atom. The van der Waals surface area contributed by atoms with Crippen molar-refractivity contribution in [1.29, 1.82) is 0 Å². The number of quaternary nitrogens is 1. The third kappa shape index (κ3) is 4.34. The summed E-state index contributed by atoms with van der Waals surface area (Å²) in [5.74, 6) is 0.187. The first-order chi connectivity index (χ1) is 13.7. The quantitative estimate of drug-likeness (QED) is 0.720. The van der Waals surface area contributed by atoms with Gasteiger partial charge in [-0.3, -0.25) is 4.79 Å². The molecule has 4 heteroatoms. The fourth-order valence-electron chi connectivity index (χ4n) is 3.97. The number of carbonyl (C=O) groups excluding carboxylic acids is 1. The molecule has 0 radical (unpaired) electrons. The highest BCUT2D eigenvalue weighted by Gasteiger charge is 2.26. The number of nitrogens with zero attached hydrogens (tertiary/aromatic N) is 1. The van der Waals surface area contributed by atoms with E-state index in [4.69, 9.17) is 0 Å². The lowest BCUT2D eigenvalue weighted by Crippen LogP contribution is -3.13. The largest absolute Gasteiger partial charge is 0.374 e. The Balaban J connectivity index is 1.31. The van der Waals surface area contributed by atoms with Crippen LogP contribution >= 0.6 is 0 Å². The average molecular weight is 375 g/mol. The molecule has 0 bridgehead atoms. The molecule has 4 nitrogen and oxygen atoms in total. The second-order valence-corrected chi connectivity index (χ2v) is 7.67. The number of nitrogens with one attached hydrogen (secondary N) is 2. The molecule has 1 heterocycles. The zero-order valence-corrected chi connectivity index (χ0v) is 16.4. The molecule has 1 aliphatic rings. The average Bonchev–Trinajstić information content (AvgIpc) is 2.74. The van der Waals surface area contributed by atoms with Gasteiger partial charge < -0.3 is 15.1 Å². The van der Waals surface area contributed by atoms with E-state index in [2.05, 4.69) is 59.9 Å². The summed E-state index contributed by atoms with van der Waals surface area (Å²) in [4.78, 5) is 16.4. The van der Waals surface area contributed by atoms with E-state index in [1.807, 2.05) is 30.0 Å². The van der Waals surface area contributed by atoms with E-state index in [-0.39, 0.29) is 11.9 Å². The maximum absolute atomic E-state index is 12.9. The van der Waals surface area contributed by atoms with E-state index < -0.39 is 0 Å². The molecule has 0 aliphatic carbocycles. The summed E-state index contributed by atoms with van der Waals surface area (Å²) in [6, 6.07) is 24.9. The van der Waals surface area contributed by atoms with Gasteiger partial charge >= 0.3 is 0 Å². The Bertz CT molecular complexity index is 933. The van der Waals surface area contributed by atoms with Crippen LogP contribution in [0, 0.1) is 0 Å². The van der Waals surface area contributed by atoms with E-state index in [1.54, 1.807) is 4.90 Å². The lowest BCUT2D eigenvalue weighted by atomic mass is 10.1. The fraction of sp³-hybridized carbons (Fsp3) is 0.292. The molecule has 1 fully saturated rings. The lowest BCUT2D eigenvalue weighted by molar-refractivity contribution is -0.917. The highest BCUT2D eigenvalue weighted by molar-refractivity contribution is 5.88. The summed E-state index contributed by atoms with van der Waals surface area (Å²) in [6.45, 7) is 6.65. The van der Waals surface area contributed by atoms with Gasteiger partial charge in [0.25, 0.3) is 0 Å². The minimum absolute atomic E-state index is 0.187. The first-order valence-corrected chi connectivity index (χ1v) is 10.1. The van der Waals surface area contributed by atoms with Crippen LogP contribution in [0.4, 0.5) is 5.69 Å². The van der Waals surface area contributed by atoms with Gasteiger partial charge in [0.05, 0.1) is 26.2 Å². The summed E-state index contributed by atoms with van der Waals surface area (Å²) in [6.07, 6.45) is 0. The number of hydrogen-bond donors (Lipinski definition) is 2. The van der Waals surface area contributed by atoms with Gasteiger partial charge in [-0.15, -0.1) is 0 Å². The predicted octanol–water partition coefficient (Wildman–Crippen LogP) is 2.57. The maximum Gasteiger partial charge on any atom is 0.245 e. The standard InChI is InChI=1S/C24H27N3O/c1-19(25-23-12-11-21-9-5-6-10-22(21)17-23)24(28)27-15-13-26(14-16-27)18-20-7-3-2-4-8-20/h2-12,17,19,25H,13-16,18H2,1H3/p+1/t19-/m0/s1. The van der Waals surface area contributed by atoms with Crippen molar-refractivity contribution >= 4 is 22.4 Å². The second-order valence-electron chi connectivity index (χ2n) is 7.67. The van der Waals surface area contributed by atoms with Crippen molar-refractivity contribution in [1.82, 2.24) is 4.90 Å². The number of benzene rings is 3. The zero-order valence-electron chi connectivity index (χ0n) is 16.4. The van der Waals surface area contributed by atoms with Crippen molar-refractivity contribution in [2.24, 2.45) is 0 Å². The van der Waals surface area contributed by atoms with Crippen molar-refractivity contribution in [3.05, 3.63) is 78.4 Å². The Hall–Kier alpha value is -2.85. The number of piperazine rings is 1. The number of anilines is 1. The van der Waals surface area contributed by atoms with Crippen LogP contribution < -0.4 is 10.2 Å². The van der Waals surface area contributed by atoms with E-state index in [0.29, 0.717) is 0 Å². The van der Waals surface area contributed by atoms with Crippen LogP contribution in [-0.4, -0.2) is 43.0 Å². The molecule has 2 N–H and O–H groups in total. The molecule has 1 atom stereocenters. The Labute approximate surface area is 166 Å². The van der Waals surface area contributed by atoms with Crippen molar-refractivity contribution < 1.29 is 9.69 Å². The first-order valence-electron chi connectivity index (χ1n) is 10.1. The molecule has 1 saturated heterocycles. The van der Waals surface area contributed by atoms with E-state index in [0.717, 1.165) is 38.4 Å². The molecule has 28 heavy (non-hydrogen) atoms. The fourth-order valence-corrected chi connectivity index (χ4v) is 3.97. The van der Waals surface area contributed by atoms with Crippen LogP contribution in [0.3, 0.4) is 0 Å². The van der Waals surface area contributed by atoms with Gasteiger partial charge in [0.15, 0.2) is 0 Å². The first kappa shape index (κ1) is 18.5. The molecule has 0 spiro atoms. The number of rotatable bonds is 5. The van der Waals surface area contributed by atoms with Gasteiger partial charge in [0.1, 0.15) is 12.6 Å². The molecular weight excluding hydrogens is 346 g/mol. The van der Waals surface area contributed by atoms with Crippen molar-refractivity contribution in [3.8, 4) is 0 Å². The third-order valence-corrected chi connectivity index (χ3v) is 5.58. The molecule has 1 amide bonds. The Morgan fingerprint density at radius 3 is 2.39 bits per heavy atom. The van der Waals surface area contributed by atoms with Crippen molar-refractivity contribution in [3.63, 3.8) is 0 Å².